The molecule has 3 rings (SSSR count). The van der Waals surface area contributed by atoms with Crippen LogP contribution in [0.5, 0.6) is 0 Å². The molecule has 0 aliphatic carbocycles. The number of nitrogens with one attached hydrogen (secondary N) is 4. The summed E-state index contributed by atoms with van der Waals surface area (Å²) < 4.78 is 0. The van der Waals surface area contributed by atoms with E-state index in [9.17, 15) is 4.79 Å². The summed E-state index contributed by atoms with van der Waals surface area (Å²) in [6, 6.07) is 1.86. The molecule has 23 heavy (non-hydrogen) atoms. The van der Waals surface area contributed by atoms with Gasteiger partial charge in [0.05, 0.1) is 17.5 Å². The fourth-order valence-corrected chi connectivity index (χ4v) is 2.16. The molecule has 0 aliphatic rings. The van der Waals surface area contributed by atoms with Gasteiger partial charge >= 0.3 is 0 Å². The van der Waals surface area contributed by atoms with Crippen LogP contribution in [0, 0.1) is 6.92 Å². The van der Waals surface area contributed by atoms with Gasteiger partial charge in [-0.2, -0.15) is 5.10 Å². The van der Waals surface area contributed by atoms with E-state index in [1.807, 2.05) is 33.8 Å². The van der Waals surface area contributed by atoms with Crippen LogP contribution < -0.4 is 10.6 Å². The van der Waals surface area contributed by atoms with Crippen molar-refractivity contribution in [3.8, 4) is 0 Å². The number of hydrogen-bond donors (Lipinski definition) is 4. The topological polar surface area (TPSA) is 111 Å². The fourth-order valence-electron chi connectivity index (χ4n) is 2.16. The number of aromatic nitrogens is 5. The third kappa shape index (κ3) is 3.31. The van der Waals surface area contributed by atoms with Crippen molar-refractivity contribution < 1.29 is 4.79 Å². The SMILES string of the molecule is Cc1cc(Nc2cnc3[nH]cc(C(=O)NC(C)(C)C)c3n2)[nH]n1. The van der Waals surface area contributed by atoms with E-state index in [1.165, 1.54) is 0 Å². The number of hydrogen-bond acceptors (Lipinski definition) is 5. The normalized spacial score (nSPS) is 11.7. The van der Waals surface area contributed by atoms with Gasteiger partial charge in [-0.3, -0.25) is 9.89 Å². The highest BCUT2D eigenvalue weighted by Gasteiger charge is 2.19. The van der Waals surface area contributed by atoms with Crippen molar-refractivity contribution in [3.63, 3.8) is 0 Å². The van der Waals surface area contributed by atoms with Gasteiger partial charge in [0.15, 0.2) is 11.5 Å². The minimum absolute atomic E-state index is 0.187. The first-order chi connectivity index (χ1) is 10.8. The van der Waals surface area contributed by atoms with Crippen LogP contribution >= 0.6 is 0 Å². The Hall–Kier alpha value is -2.90. The first-order valence-corrected chi connectivity index (χ1v) is 7.27. The molecule has 0 saturated heterocycles. The summed E-state index contributed by atoms with van der Waals surface area (Å²) in [7, 11) is 0. The van der Waals surface area contributed by atoms with E-state index in [0.29, 0.717) is 28.4 Å². The smallest absolute Gasteiger partial charge is 0.255 e. The maximum absolute atomic E-state index is 12.4. The summed E-state index contributed by atoms with van der Waals surface area (Å²) in [5.74, 6) is 1.06. The lowest BCUT2D eigenvalue weighted by Gasteiger charge is -2.19. The van der Waals surface area contributed by atoms with Gasteiger partial charge in [0.2, 0.25) is 0 Å². The molecule has 1 amide bonds. The second kappa shape index (κ2) is 5.38. The van der Waals surface area contributed by atoms with E-state index in [1.54, 1.807) is 12.4 Å². The third-order valence-electron chi connectivity index (χ3n) is 3.08. The Morgan fingerprint density at radius 1 is 1.30 bits per heavy atom. The van der Waals surface area contributed by atoms with Crippen LogP contribution in [0.2, 0.25) is 0 Å². The van der Waals surface area contributed by atoms with E-state index < -0.39 is 0 Å². The van der Waals surface area contributed by atoms with E-state index in [2.05, 4.69) is 35.8 Å². The zero-order chi connectivity index (χ0) is 16.6. The van der Waals surface area contributed by atoms with Gasteiger partial charge in [0.25, 0.3) is 5.91 Å². The molecular weight excluding hydrogens is 294 g/mol. The second-order valence-electron chi connectivity index (χ2n) is 6.41. The first kappa shape index (κ1) is 15.0. The molecule has 3 aromatic heterocycles. The van der Waals surface area contributed by atoms with Crippen molar-refractivity contribution in [3.05, 3.63) is 29.7 Å². The Kier molecular flexibility index (Phi) is 3.51. The lowest BCUT2D eigenvalue weighted by Crippen LogP contribution is -2.40. The molecule has 4 N–H and O–H groups in total. The summed E-state index contributed by atoms with van der Waals surface area (Å²) in [6.07, 6.45) is 3.22. The largest absolute Gasteiger partial charge is 0.347 e. The van der Waals surface area contributed by atoms with E-state index >= 15 is 0 Å². The Morgan fingerprint density at radius 2 is 2.09 bits per heavy atom. The molecule has 0 fully saturated rings. The Balaban J connectivity index is 1.92. The lowest BCUT2D eigenvalue weighted by molar-refractivity contribution is 0.0921. The van der Waals surface area contributed by atoms with Crippen LogP contribution in [0.3, 0.4) is 0 Å². The van der Waals surface area contributed by atoms with Gasteiger partial charge in [-0.15, -0.1) is 0 Å². The van der Waals surface area contributed by atoms with Crippen LogP contribution in [-0.4, -0.2) is 36.6 Å². The molecule has 0 aromatic carbocycles. The minimum atomic E-state index is -0.322. The van der Waals surface area contributed by atoms with Gasteiger partial charge in [-0.05, 0) is 27.7 Å². The van der Waals surface area contributed by atoms with Crippen molar-refractivity contribution in [2.75, 3.05) is 5.32 Å². The predicted molar refractivity (Wildman–Crippen MR) is 87.7 cm³/mol. The molecule has 0 atom stereocenters. The first-order valence-electron chi connectivity index (χ1n) is 7.27. The molecule has 0 saturated carbocycles. The molecule has 3 heterocycles. The third-order valence-corrected chi connectivity index (χ3v) is 3.08. The number of aryl methyl sites for hydroxylation is 1. The number of amides is 1. The second-order valence-corrected chi connectivity index (χ2v) is 6.41. The van der Waals surface area contributed by atoms with Crippen LogP contribution in [0.4, 0.5) is 11.6 Å². The molecule has 3 aromatic rings. The van der Waals surface area contributed by atoms with Crippen LogP contribution in [0.15, 0.2) is 18.5 Å². The monoisotopic (exact) mass is 313 g/mol. The summed E-state index contributed by atoms with van der Waals surface area (Å²) in [5.41, 5.74) is 2.10. The number of carbonyl (C=O) groups excluding carboxylic acids is 1. The number of nitrogens with zero attached hydrogens (tertiary/aromatic N) is 3. The average molecular weight is 313 g/mol. The van der Waals surface area contributed by atoms with E-state index in [0.717, 1.165) is 5.69 Å². The Labute approximate surface area is 133 Å². The van der Waals surface area contributed by atoms with Gasteiger partial charge < -0.3 is 15.6 Å². The van der Waals surface area contributed by atoms with Crippen molar-refractivity contribution >= 4 is 28.7 Å². The fraction of sp³-hybridized carbons (Fsp3) is 0.333. The molecule has 0 unspecified atom stereocenters. The zero-order valence-corrected chi connectivity index (χ0v) is 13.5. The van der Waals surface area contributed by atoms with Crippen LogP contribution in [-0.2, 0) is 0 Å². The number of carbonyl (C=O) groups is 1. The molecule has 120 valence electrons. The summed E-state index contributed by atoms with van der Waals surface area (Å²) in [6.45, 7) is 7.68. The number of H-pyrrole nitrogens is 2. The lowest BCUT2D eigenvalue weighted by atomic mass is 10.1. The number of anilines is 2. The van der Waals surface area contributed by atoms with Crippen molar-refractivity contribution in [1.82, 2.24) is 30.5 Å². The van der Waals surface area contributed by atoms with Crippen molar-refractivity contribution in [2.45, 2.75) is 33.2 Å². The van der Waals surface area contributed by atoms with Crippen LogP contribution in [0.25, 0.3) is 11.2 Å². The molecule has 0 radical (unpaired) electrons. The highest BCUT2D eigenvalue weighted by molar-refractivity contribution is 6.04. The maximum Gasteiger partial charge on any atom is 0.255 e. The van der Waals surface area contributed by atoms with Crippen molar-refractivity contribution in [2.24, 2.45) is 0 Å². The summed E-state index contributed by atoms with van der Waals surface area (Å²) in [5, 5.41) is 12.9. The van der Waals surface area contributed by atoms with Gasteiger partial charge in [0.1, 0.15) is 11.3 Å². The molecule has 0 bridgehead atoms. The predicted octanol–water partition coefficient (Wildman–Crippen LogP) is 2.26. The molecule has 0 aliphatic heterocycles. The molecule has 8 nitrogen and oxygen atoms in total. The molecule has 0 spiro atoms. The van der Waals surface area contributed by atoms with Crippen molar-refractivity contribution in [1.29, 1.82) is 0 Å². The standard InChI is InChI=1S/C15H19N7O/c1-8-5-10(22-21-8)18-11-7-17-13-12(19-11)9(6-16-13)14(23)20-15(2,3)4/h5-7H,1-4H3,(H,16,17)(H,20,23)(H2,18,19,21,22). The van der Waals surface area contributed by atoms with Crippen LogP contribution in [0.1, 0.15) is 36.8 Å². The van der Waals surface area contributed by atoms with Gasteiger partial charge in [-0.25, -0.2) is 9.97 Å². The maximum atomic E-state index is 12.4. The summed E-state index contributed by atoms with van der Waals surface area (Å²) in [4.78, 5) is 24.1. The molecule has 8 heteroatoms. The Morgan fingerprint density at radius 3 is 2.74 bits per heavy atom. The number of rotatable bonds is 3. The van der Waals surface area contributed by atoms with E-state index in [4.69, 9.17) is 0 Å². The average Bonchev–Trinajstić information content (AvgIpc) is 3.03. The summed E-state index contributed by atoms with van der Waals surface area (Å²) >= 11 is 0. The quantitative estimate of drug-likeness (QED) is 0.592. The van der Waals surface area contributed by atoms with E-state index in [-0.39, 0.29) is 11.4 Å². The highest BCUT2D eigenvalue weighted by Crippen LogP contribution is 2.19. The Bertz CT molecular complexity index is 856. The van der Waals surface area contributed by atoms with Gasteiger partial charge in [-0.1, -0.05) is 0 Å². The number of aromatic amines is 2. The minimum Gasteiger partial charge on any atom is -0.347 e. The van der Waals surface area contributed by atoms with Gasteiger partial charge in [0, 0.05) is 17.8 Å². The zero-order valence-electron chi connectivity index (χ0n) is 13.5. The highest BCUT2D eigenvalue weighted by atomic mass is 16.1. The molecular formula is C15H19N7O. The number of fused-ring (bicyclic) bond motifs is 1.